The van der Waals surface area contributed by atoms with Crippen LogP contribution in [0.4, 0.5) is 0 Å². The molecule has 4 heteroatoms. The Morgan fingerprint density at radius 2 is 1.92 bits per heavy atom. The Bertz CT molecular complexity index is 807. The van der Waals surface area contributed by atoms with Crippen LogP contribution in [0.15, 0.2) is 52.9 Å². The zero-order valence-electron chi connectivity index (χ0n) is 15.2. The summed E-state index contributed by atoms with van der Waals surface area (Å²) in [6.45, 7) is 1.48. The lowest BCUT2D eigenvalue weighted by atomic mass is 10.0. The van der Waals surface area contributed by atoms with Gasteiger partial charge in [0.2, 0.25) is 5.89 Å². The van der Waals surface area contributed by atoms with Gasteiger partial charge in [-0.2, -0.15) is 0 Å². The largest absolute Gasteiger partial charge is 0.436 e. The van der Waals surface area contributed by atoms with Crippen LogP contribution >= 0.6 is 0 Å². The number of oxazole rings is 1. The molecule has 1 aliphatic rings. The zero-order chi connectivity index (χ0) is 17.8. The fraction of sp³-hybridized carbons (Fsp3) is 0.409. The SMILES string of the molecule is COCC[C@H]1CCC[C@H]1OCc1ccc(-c2nc3ccccc3o2)cc1. The van der Waals surface area contributed by atoms with Gasteiger partial charge in [-0.15, -0.1) is 0 Å². The van der Waals surface area contributed by atoms with Crippen molar-refractivity contribution in [3.8, 4) is 11.5 Å². The first-order valence-corrected chi connectivity index (χ1v) is 9.39. The van der Waals surface area contributed by atoms with Crippen LogP contribution in [0.3, 0.4) is 0 Å². The highest BCUT2D eigenvalue weighted by Crippen LogP contribution is 2.31. The number of hydrogen-bond acceptors (Lipinski definition) is 4. The van der Waals surface area contributed by atoms with Crippen molar-refractivity contribution in [2.24, 2.45) is 5.92 Å². The number of hydrogen-bond donors (Lipinski definition) is 0. The second kappa shape index (κ2) is 8.02. The van der Waals surface area contributed by atoms with Gasteiger partial charge in [0.05, 0.1) is 12.7 Å². The van der Waals surface area contributed by atoms with E-state index < -0.39 is 0 Å². The molecule has 0 bridgehead atoms. The predicted molar refractivity (Wildman–Crippen MR) is 102 cm³/mol. The van der Waals surface area contributed by atoms with Crippen LogP contribution in [0.2, 0.25) is 0 Å². The molecule has 0 amide bonds. The van der Waals surface area contributed by atoms with Crippen LogP contribution in [0.5, 0.6) is 0 Å². The maximum absolute atomic E-state index is 6.20. The Labute approximate surface area is 154 Å². The number of fused-ring (bicyclic) bond motifs is 1. The molecule has 26 heavy (non-hydrogen) atoms. The number of rotatable bonds is 7. The van der Waals surface area contributed by atoms with Crippen molar-refractivity contribution in [3.63, 3.8) is 0 Å². The third kappa shape index (κ3) is 3.81. The normalized spacial score (nSPS) is 20.0. The van der Waals surface area contributed by atoms with Crippen LogP contribution in [-0.2, 0) is 16.1 Å². The van der Waals surface area contributed by atoms with Crippen molar-refractivity contribution in [1.29, 1.82) is 0 Å². The van der Waals surface area contributed by atoms with Gasteiger partial charge in [-0.3, -0.25) is 0 Å². The third-order valence-corrected chi connectivity index (χ3v) is 5.24. The lowest BCUT2D eigenvalue weighted by molar-refractivity contribution is 0.00743. The molecular weight excluding hydrogens is 326 g/mol. The Kier molecular flexibility index (Phi) is 5.32. The van der Waals surface area contributed by atoms with Crippen LogP contribution in [-0.4, -0.2) is 24.8 Å². The molecule has 0 aliphatic heterocycles. The van der Waals surface area contributed by atoms with Crippen molar-refractivity contribution < 1.29 is 13.9 Å². The van der Waals surface area contributed by atoms with E-state index in [9.17, 15) is 0 Å². The van der Waals surface area contributed by atoms with E-state index in [0.717, 1.165) is 36.1 Å². The maximum atomic E-state index is 6.20. The Morgan fingerprint density at radius 1 is 1.08 bits per heavy atom. The fourth-order valence-electron chi connectivity index (χ4n) is 3.76. The van der Waals surface area contributed by atoms with Gasteiger partial charge in [0.25, 0.3) is 0 Å². The highest BCUT2D eigenvalue weighted by Gasteiger charge is 2.27. The molecule has 4 nitrogen and oxygen atoms in total. The van der Waals surface area contributed by atoms with Gasteiger partial charge < -0.3 is 13.9 Å². The Morgan fingerprint density at radius 3 is 2.73 bits per heavy atom. The monoisotopic (exact) mass is 351 g/mol. The minimum Gasteiger partial charge on any atom is -0.436 e. The molecule has 0 spiro atoms. The molecule has 0 radical (unpaired) electrons. The van der Waals surface area contributed by atoms with E-state index in [4.69, 9.17) is 13.9 Å². The van der Waals surface area contributed by atoms with E-state index in [-0.39, 0.29) is 0 Å². The Balaban J connectivity index is 1.38. The number of aromatic nitrogens is 1. The summed E-state index contributed by atoms with van der Waals surface area (Å²) in [5.41, 5.74) is 3.88. The molecule has 1 saturated carbocycles. The molecule has 1 aromatic heterocycles. The van der Waals surface area contributed by atoms with Gasteiger partial charge in [0.15, 0.2) is 5.58 Å². The van der Waals surface area contributed by atoms with Crippen molar-refractivity contribution in [3.05, 3.63) is 54.1 Å². The summed E-state index contributed by atoms with van der Waals surface area (Å²) in [7, 11) is 1.77. The van der Waals surface area contributed by atoms with E-state index in [2.05, 4.69) is 29.2 Å². The first-order chi connectivity index (χ1) is 12.8. The molecule has 1 fully saturated rings. The second-order valence-corrected chi connectivity index (χ2v) is 7.01. The molecule has 136 valence electrons. The number of benzene rings is 2. The van der Waals surface area contributed by atoms with Crippen molar-refractivity contribution >= 4 is 11.1 Å². The predicted octanol–water partition coefficient (Wildman–Crippen LogP) is 5.22. The molecule has 0 N–H and O–H groups in total. The van der Waals surface area contributed by atoms with Gasteiger partial charge >= 0.3 is 0 Å². The number of methoxy groups -OCH3 is 1. The highest BCUT2D eigenvalue weighted by molar-refractivity contribution is 5.75. The molecule has 0 saturated heterocycles. The minimum atomic E-state index is 0.363. The topological polar surface area (TPSA) is 44.5 Å². The number of para-hydroxylation sites is 2. The molecule has 2 aromatic carbocycles. The number of ether oxygens (including phenoxy) is 2. The summed E-state index contributed by atoms with van der Waals surface area (Å²) in [6.07, 6.45) is 5.13. The summed E-state index contributed by atoms with van der Waals surface area (Å²) in [5.74, 6) is 1.29. The van der Waals surface area contributed by atoms with E-state index >= 15 is 0 Å². The van der Waals surface area contributed by atoms with Gasteiger partial charge in [0, 0.05) is 19.3 Å². The highest BCUT2D eigenvalue weighted by atomic mass is 16.5. The second-order valence-electron chi connectivity index (χ2n) is 7.01. The number of nitrogens with zero attached hydrogens (tertiary/aromatic N) is 1. The minimum absolute atomic E-state index is 0.363. The third-order valence-electron chi connectivity index (χ3n) is 5.24. The zero-order valence-corrected chi connectivity index (χ0v) is 15.2. The van der Waals surface area contributed by atoms with Gasteiger partial charge in [-0.05, 0) is 55.0 Å². The first kappa shape index (κ1) is 17.3. The van der Waals surface area contributed by atoms with E-state index in [1.165, 1.54) is 18.4 Å². The summed E-state index contributed by atoms with van der Waals surface area (Å²) in [4.78, 5) is 4.55. The Hall–Kier alpha value is -2.17. The molecule has 1 heterocycles. The molecule has 1 aliphatic carbocycles. The van der Waals surface area contributed by atoms with Gasteiger partial charge in [-0.1, -0.05) is 30.7 Å². The molecular formula is C22H25NO3. The molecule has 3 aromatic rings. The summed E-state index contributed by atoms with van der Waals surface area (Å²) >= 11 is 0. The lowest BCUT2D eigenvalue weighted by Gasteiger charge is -2.20. The maximum Gasteiger partial charge on any atom is 0.227 e. The van der Waals surface area contributed by atoms with Crippen LogP contribution in [0.1, 0.15) is 31.2 Å². The van der Waals surface area contributed by atoms with Crippen molar-refractivity contribution in [1.82, 2.24) is 4.98 Å². The first-order valence-electron chi connectivity index (χ1n) is 9.39. The quantitative estimate of drug-likeness (QED) is 0.586. The molecule has 0 unspecified atom stereocenters. The fourth-order valence-corrected chi connectivity index (χ4v) is 3.76. The van der Waals surface area contributed by atoms with Crippen LogP contribution in [0, 0.1) is 5.92 Å². The van der Waals surface area contributed by atoms with Crippen LogP contribution in [0.25, 0.3) is 22.6 Å². The van der Waals surface area contributed by atoms with E-state index in [1.807, 2.05) is 24.3 Å². The van der Waals surface area contributed by atoms with Crippen molar-refractivity contribution in [2.75, 3.05) is 13.7 Å². The summed E-state index contributed by atoms with van der Waals surface area (Å²) in [6, 6.07) is 16.1. The molecule has 4 rings (SSSR count). The standard InChI is InChI=1S/C22H25NO3/c1-24-14-13-17-5-4-8-20(17)25-15-16-9-11-18(12-10-16)22-23-19-6-2-3-7-21(19)26-22/h2-3,6-7,9-12,17,20H,4-5,8,13-15H2,1H3/t17-,20-/m1/s1. The van der Waals surface area contributed by atoms with Crippen LogP contribution < -0.4 is 0 Å². The average Bonchev–Trinajstić information content (AvgIpc) is 3.31. The van der Waals surface area contributed by atoms with E-state index in [0.29, 0.717) is 24.5 Å². The lowest BCUT2D eigenvalue weighted by Crippen LogP contribution is -2.19. The van der Waals surface area contributed by atoms with Gasteiger partial charge in [0.1, 0.15) is 5.52 Å². The smallest absolute Gasteiger partial charge is 0.227 e. The van der Waals surface area contributed by atoms with Gasteiger partial charge in [-0.25, -0.2) is 4.98 Å². The summed E-state index contributed by atoms with van der Waals surface area (Å²) < 4.78 is 17.3. The summed E-state index contributed by atoms with van der Waals surface area (Å²) in [5, 5.41) is 0. The molecule has 2 atom stereocenters. The average molecular weight is 351 g/mol. The van der Waals surface area contributed by atoms with Crippen molar-refractivity contribution in [2.45, 2.75) is 38.4 Å². The van der Waals surface area contributed by atoms with E-state index in [1.54, 1.807) is 7.11 Å².